The maximum atomic E-state index is 14.0. The topological polar surface area (TPSA) is 58.6 Å². The van der Waals surface area contributed by atoms with Crippen molar-refractivity contribution in [1.82, 2.24) is 10.2 Å². The van der Waals surface area contributed by atoms with Gasteiger partial charge in [-0.1, -0.05) is 18.2 Å². The highest BCUT2D eigenvalue weighted by atomic mass is 32.1. The Hall–Kier alpha value is -2.77. The first kappa shape index (κ1) is 19.5. The molecular formula is C22H21FN2O3S. The fourth-order valence-electron chi connectivity index (χ4n) is 3.45. The van der Waals surface area contributed by atoms with E-state index in [-0.39, 0.29) is 17.6 Å². The summed E-state index contributed by atoms with van der Waals surface area (Å²) in [7, 11) is 0. The molecule has 1 N–H and O–H groups in total. The lowest BCUT2D eigenvalue weighted by molar-refractivity contribution is 0.0303. The average Bonchev–Trinajstić information content (AvgIpc) is 3.10. The number of halogens is 1. The number of carbonyl (C=O) groups excluding carboxylic acids is 2. The van der Waals surface area contributed by atoms with Crippen molar-refractivity contribution in [3.63, 3.8) is 0 Å². The van der Waals surface area contributed by atoms with Gasteiger partial charge in [-0.3, -0.25) is 9.59 Å². The van der Waals surface area contributed by atoms with Crippen molar-refractivity contribution < 1.29 is 18.7 Å². The molecule has 1 aliphatic rings. The Morgan fingerprint density at radius 3 is 2.55 bits per heavy atom. The molecule has 0 atom stereocenters. The number of carbonyl (C=O) groups is 2. The number of amides is 2. The third-order valence-electron chi connectivity index (χ3n) is 5.06. The van der Waals surface area contributed by atoms with Gasteiger partial charge in [-0.25, -0.2) is 4.39 Å². The zero-order valence-electron chi connectivity index (χ0n) is 16.0. The van der Waals surface area contributed by atoms with E-state index in [0.717, 1.165) is 10.3 Å². The van der Waals surface area contributed by atoms with Crippen molar-refractivity contribution in [1.29, 1.82) is 0 Å². The third kappa shape index (κ3) is 4.02. The van der Waals surface area contributed by atoms with Crippen LogP contribution in [0.15, 0.2) is 42.5 Å². The van der Waals surface area contributed by atoms with Gasteiger partial charge in [0.25, 0.3) is 11.8 Å². The Bertz CT molecular complexity index is 1060. The van der Waals surface area contributed by atoms with Crippen molar-refractivity contribution in [2.45, 2.75) is 13.5 Å². The van der Waals surface area contributed by atoms with Crippen LogP contribution in [0.25, 0.3) is 10.1 Å². The molecule has 2 heterocycles. The molecule has 4 rings (SSSR count). The molecule has 0 aliphatic carbocycles. The number of thiophene rings is 1. The Kier molecular flexibility index (Phi) is 5.60. The maximum Gasteiger partial charge on any atom is 0.261 e. The molecule has 2 amide bonds. The van der Waals surface area contributed by atoms with Crippen LogP contribution in [0.3, 0.4) is 0 Å². The smallest absolute Gasteiger partial charge is 0.261 e. The summed E-state index contributed by atoms with van der Waals surface area (Å²) in [5.74, 6) is -0.542. The molecule has 0 saturated carbocycles. The van der Waals surface area contributed by atoms with E-state index < -0.39 is 0 Å². The van der Waals surface area contributed by atoms with Gasteiger partial charge in [0.2, 0.25) is 0 Å². The summed E-state index contributed by atoms with van der Waals surface area (Å²) in [5, 5.41) is 3.39. The fraction of sp³-hybridized carbons (Fsp3) is 0.273. The van der Waals surface area contributed by atoms with Crippen LogP contribution in [0.5, 0.6) is 0 Å². The molecule has 29 heavy (non-hydrogen) atoms. The second-order valence-electron chi connectivity index (χ2n) is 6.95. The molecule has 1 fully saturated rings. The highest BCUT2D eigenvalue weighted by Crippen LogP contribution is 2.32. The third-order valence-corrected chi connectivity index (χ3v) is 6.32. The number of morpholine rings is 1. The van der Waals surface area contributed by atoms with E-state index >= 15 is 0 Å². The minimum Gasteiger partial charge on any atom is -0.378 e. The normalized spacial score (nSPS) is 14.2. The molecule has 2 aromatic carbocycles. The minimum absolute atomic E-state index is 0.00758. The van der Waals surface area contributed by atoms with E-state index in [2.05, 4.69) is 5.32 Å². The standard InChI is InChI=1S/C22H21FN2O3S/c1-14-19-17(23)3-2-4-18(19)29-20(14)21(26)24-13-15-5-7-16(8-6-15)22(27)25-9-11-28-12-10-25/h2-8H,9-13H2,1H3,(H,24,26). The number of ether oxygens (including phenoxy) is 1. The van der Waals surface area contributed by atoms with Gasteiger partial charge < -0.3 is 15.0 Å². The molecule has 7 heteroatoms. The zero-order valence-corrected chi connectivity index (χ0v) is 16.9. The number of hydrogen-bond acceptors (Lipinski definition) is 4. The summed E-state index contributed by atoms with van der Waals surface area (Å²) < 4.78 is 20.1. The van der Waals surface area contributed by atoms with Crippen LogP contribution >= 0.6 is 11.3 Å². The lowest BCUT2D eigenvalue weighted by Crippen LogP contribution is -2.40. The van der Waals surface area contributed by atoms with Gasteiger partial charge in [0.1, 0.15) is 5.82 Å². The molecule has 0 radical (unpaired) electrons. The van der Waals surface area contributed by atoms with Gasteiger partial charge in [0.05, 0.1) is 18.1 Å². The van der Waals surface area contributed by atoms with Crippen LogP contribution in [0, 0.1) is 12.7 Å². The van der Waals surface area contributed by atoms with Gasteiger partial charge in [0.15, 0.2) is 0 Å². The summed E-state index contributed by atoms with van der Waals surface area (Å²) in [5.41, 5.74) is 2.17. The number of aryl methyl sites for hydroxylation is 1. The summed E-state index contributed by atoms with van der Waals surface area (Å²) in [6.07, 6.45) is 0. The SMILES string of the molecule is Cc1c(C(=O)NCc2ccc(C(=O)N3CCOCC3)cc2)sc2cccc(F)c12. The van der Waals surface area contributed by atoms with Crippen molar-refractivity contribution in [2.24, 2.45) is 0 Å². The van der Waals surface area contributed by atoms with E-state index in [1.54, 1.807) is 30.0 Å². The molecule has 1 aromatic heterocycles. The predicted octanol–water partition coefficient (Wildman–Crippen LogP) is 3.75. The highest BCUT2D eigenvalue weighted by Gasteiger charge is 2.19. The second kappa shape index (κ2) is 8.31. The molecular weight excluding hydrogens is 391 g/mol. The fourth-order valence-corrected chi connectivity index (χ4v) is 4.59. The average molecular weight is 412 g/mol. The molecule has 1 saturated heterocycles. The number of benzene rings is 2. The quantitative estimate of drug-likeness (QED) is 0.710. The van der Waals surface area contributed by atoms with Gasteiger partial charge in [-0.2, -0.15) is 0 Å². The number of fused-ring (bicyclic) bond motifs is 1. The number of nitrogens with zero attached hydrogens (tertiary/aromatic N) is 1. The van der Waals surface area contributed by atoms with E-state index in [1.807, 2.05) is 18.2 Å². The van der Waals surface area contributed by atoms with Crippen LogP contribution in [0.2, 0.25) is 0 Å². The lowest BCUT2D eigenvalue weighted by Gasteiger charge is -2.26. The zero-order chi connectivity index (χ0) is 20.4. The molecule has 0 unspecified atom stereocenters. The largest absolute Gasteiger partial charge is 0.378 e. The lowest BCUT2D eigenvalue weighted by atomic mass is 10.1. The first-order valence-corrected chi connectivity index (χ1v) is 10.3. The van der Waals surface area contributed by atoms with E-state index in [1.165, 1.54) is 17.4 Å². The van der Waals surface area contributed by atoms with E-state index in [4.69, 9.17) is 4.74 Å². The first-order valence-electron chi connectivity index (χ1n) is 9.46. The Morgan fingerprint density at radius 1 is 1.14 bits per heavy atom. The summed E-state index contributed by atoms with van der Waals surface area (Å²) >= 11 is 1.29. The number of nitrogens with one attached hydrogen (secondary N) is 1. The van der Waals surface area contributed by atoms with Crippen molar-refractivity contribution >= 4 is 33.2 Å². The Balaban J connectivity index is 1.41. The van der Waals surface area contributed by atoms with Crippen molar-refractivity contribution in [3.05, 3.63) is 69.8 Å². The number of hydrogen-bond donors (Lipinski definition) is 1. The van der Waals surface area contributed by atoms with Gasteiger partial charge >= 0.3 is 0 Å². The van der Waals surface area contributed by atoms with Crippen LogP contribution in [-0.2, 0) is 11.3 Å². The van der Waals surface area contributed by atoms with Gasteiger partial charge in [-0.15, -0.1) is 11.3 Å². The highest BCUT2D eigenvalue weighted by molar-refractivity contribution is 7.21. The molecule has 0 spiro atoms. The van der Waals surface area contributed by atoms with Crippen LogP contribution < -0.4 is 5.32 Å². The first-order chi connectivity index (χ1) is 14.0. The van der Waals surface area contributed by atoms with Crippen molar-refractivity contribution in [2.75, 3.05) is 26.3 Å². The number of rotatable bonds is 4. The van der Waals surface area contributed by atoms with Crippen LogP contribution in [0.4, 0.5) is 4.39 Å². The summed E-state index contributed by atoms with van der Waals surface area (Å²) in [6, 6.07) is 12.1. The summed E-state index contributed by atoms with van der Waals surface area (Å²) in [4.78, 5) is 27.4. The molecule has 0 bridgehead atoms. The van der Waals surface area contributed by atoms with Crippen LogP contribution in [0.1, 0.15) is 31.2 Å². The minimum atomic E-state index is -0.309. The second-order valence-corrected chi connectivity index (χ2v) is 8.01. The molecule has 5 nitrogen and oxygen atoms in total. The van der Waals surface area contributed by atoms with E-state index in [0.29, 0.717) is 54.2 Å². The molecule has 1 aliphatic heterocycles. The predicted molar refractivity (Wildman–Crippen MR) is 111 cm³/mol. The maximum absolute atomic E-state index is 14.0. The monoisotopic (exact) mass is 412 g/mol. The van der Waals surface area contributed by atoms with Gasteiger partial charge in [0, 0.05) is 35.3 Å². The summed E-state index contributed by atoms with van der Waals surface area (Å²) in [6.45, 7) is 4.44. The molecule has 150 valence electrons. The van der Waals surface area contributed by atoms with E-state index in [9.17, 15) is 14.0 Å². The Labute approximate surface area is 172 Å². The van der Waals surface area contributed by atoms with Crippen molar-refractivity contribution in [3.8, 4) is 0 Å². The molecule has 3 aromatic rings. The van der Waals surface area contributed by atoms with Gasteiger partial charge in [-0.05, 0) is 42.3 Å². The van der Waals surface area contributed by atoms with Crippen LogP contribution in [-0.4, -0.2) is 43.0 Å². The Morgan fingerprint density at radius 2 is 1.86 bits per heavy atom.